The first kappa shape index (κ1) is 44.1. The molecule has 9 rings (SSSR count). The van der Waals surface area contributed by atoms with Crippen LogP contribution in [-0.4, -0.2) is 108 Å². The number of benzene rings is 3. The van der Waals surface area contributed by atoms with Crippen molar-refractivity contribution in [3.8, 4) is 0 Å². The number of fused-ring (bicyclic) bond motifs is 3. The number of halogens is 1. The number of nitrogens with zero attached hydrogens (tertiary/aromatic N) is 4. The summed E-state index contributed by atoms with van der Waals surface area (Å²) in [5.41, 5.74) is 11.7. The summed E-state index contributed by atoms with van der Waals surface area (Å²) in [6, 6.07) is 20.5. The van der Waals surface area contributed by atoms with Crippen LogP contribution in [0.15, 0.2) is 83.1 Å². The molecule has 5 atom stereocenters. The third-order valence-corrected chi connectivity index (χ3v) is 13.4. The Bertz CT molecular complexity index is 2420. The van der Waals surface area contributed by atoms with Gasteiger partial charge in [0.2, 0.25) is 5.79 Å². The number of carboxylic acids is 1. The van der Waals surface area contributed by atoms with E-state index in [1.165, 1.54) is 35.6 Å². The van der Waals surface area contributed by atoms with Gasteiger partial charge in [-0.05, 0) is 77.3 Å². The van der Waals surface area contributed by atoms with E-state index < -0.39 is 44.1 Å². The van der Waals surface area contributed by atoms with Gasteiger partial charge in [-0.2, -0.15) is 0 Å². The van der Waals surface area contributed by atoms with Gasteiger partial charge in [0.05, 0.1) is 25.4 Å². The second-order valence-corrected chi connectivity index (χ2v) is 18.7. The number of nitrogens with two attached hydrogens (primary N) is 1. The van der Waals surface area contributed by atoms with Crippen molar-refractivity contribution in [1.29, 1.82) is 0 Å². The molecular weight excluding hydrogens is 832 g/mol. The maximum Gasteiger partial charge on any atom is 0.472 e. The van der Waals surface area contributed by atoms with Gasteiger partial charge >= 0.3 is 13.8 Å². The summed E-state index contributed by atoms with van der Waals surface area (Å²) >= 11 is 7.24. The Hall–Kier alpha value is -2.93. The molecule has 1 unspecified atom stereocenters. The number of aromatic carboxylic acids is 1. The zero-order chi connectivity index (χ0) is 41.2. The topological polar surface area (TPSA) is 211 Å². The van der Waals surface area contributed by atoms with E-state index in [4.69, 9.17) is 40.6 Å². The predicted octanol–water partition coefficient (Wildman–Crippen LogP) is 6.59. The fraction of sp³-hybridized carbons (Fsp3) is 0.400. The molecular formula is C40H43ClN5NaO10PS. The maximum atomic E-state index is 11.8. The SMILES string of the molecule is CC1(C)CCC(C)(C)c2cc(C3(c4ccc(C(=O)O)cc4)OCCO3)ccc21.Nc1ncnc2c1nc(Sc1ccc(Cl)cc1)n2[C@@H]1O[C@@H]2COP(=O)(O)O[C@H]2[C@H]1O.[Na]. The minimum Gasteiger partial charge on any atom is -0.478 e. The molecule has 1 radical (unpaired) electrons. The van der Waals surface area contributed by atoms with Crippen LogP contribution < -0.4 is 5.73 Å². The Kier molecular flexibility index (Phi) is 12.5. The number of carboxylic acid groups (broad SMARTS) is 1. The van der Waals surface area contributed by atoms with Crippen LogP contribution in [-0.2, 0) is 44.4 Å². The molecule has 3 saturated heterocycles. The molecule has 2 aromatic heterocycles. The Morgan fingerprint density at radius 3 is 2.25 bits per heavy atom. The number of carbonyl (C=O) groups is 1. The molecule has 15 nitrogen and oxygen atoms in total. The number of hydrogen-bond donors (Lipinski definition) is 4. The Morgan fingerprint density at radius 2 is 1.59 bits per heavy atom. The van der Waals surface area contributed by atoms with Gasteiger partial charge < -0.3 is 35.1 Å². The van der Waals surface area contributed by atoms with E-state index in [0.717, 1.165) is 22.4 Å². The number of nitrogen functional groups attached to an aromatic ring is 1. The van der Waals surface area contributed by atoms with E-state index in [1.807, 2.05) is 12.1 Å². The van der Waals surface area contributed by atoms with E-state index >= 15 is 0 Å². The number of phosphoric acid groups is 1. The van der Waals surface area contributed by atoms with Crippen LogP contribution in [0.4, 0.5) is 5.82 Å². The third kappa shape index (κ3) is 8.50. The quantitative estimate of drug-likeness (QED) is 0.105. The summed E-state index contributed by atoms with van der Waals surface area (Å²) in [5.74, 6) is -1.75. The molecule has 0 saturated carbocycles. The number of aromatic nitrogens is 4. The van der Waals surface area contributed by atoms with Crippen LogP contribution in [0.5, 0.6) is 0 Å². The van der Waals surface area contributed by atoms with Crippen LogP contribution >= 0.6 is 31.2 Å². The summed E-state index contributed by atoms with van der Waals surface area (Å²) in [6.45, 7) is 10.0. The molecule has 4 aliphatic rings. The Labute approximate surface area is 371 Å². The van der Waals surface area contributed by atoms with Crippen molar-refractivity contribution in [2.75, 3.05) is 25.6 Å². The zero-order valence-electron chi connectivity index (χ0n) is 33.1. The minimum atomic E-state index is -4.25. The van der Waals surface area contributed by atoms with E-state index in [2.05, 4.69) is 60.8 Å². The van der Waals surface area contributed by atoms with Crippen molar-refractivity contribution in [3.05, 3.63) is 106 Å². The first-order chi connectivity index (χ1) is 27.5. The first-order valence-corrected chi connectivity index (χ1v) is 21.4. The van der Waals surface area contributed by atoms with Gasteiger partial charge in [0.1, 0.15) is 24.6 Å². The van der Waals surface area contributed by atoms with Crippen molar-refractivity contribution in [2.45, 2.75) is 91.7 Å². The summed E-state index contributed by atoms with van der Waals surface area (Å²) in [4.78, 5) is 34.4. The molecule has 59 heavy (non-hydrogen) atoms. The molecule has 0 spiro atoms. The Balaban J connectivity index is 0.000000177. The summed E-state index contributed by atoms with van der Waals surface area (Å²) < 4.78 is 41.4. The average molecular weight is 875 g/mol. The van der Waals surface area contributed by atoms with Crippen molar-refractivity contribution in [1.82, 2.24) is 19.5 Å². The van der Waals surface area contributed by atoms with Gasteiger partial charge in [0.15, 0.2) is 28.4 Å². The van der Waals surface area contributed by atoms with Crippen LogP contribution in [0.25, 0.3) is 11.2 Å². The summed E-state index contributed by atoms with van der Waals surface area (Å²) in [5, 5.41) is 21.1. The second-order valence-electron chi connectivity index (χ2n) is 15.9. The predicted molar refractivity (Wildman–Crippen MR) is 219 cm³/mol. The largest absolute Gasteiger partial charge is 0.478 e. The minimum absolute atomic E-state index is 0. The van der Waals surface area contributed by atoms with Gasteiger partial charge in [-0.1, -0.05) is 75.3 Å². The van der Waals surface area contributed by atoms with Crippen LogP contribution in [0.3, 0.4) is 0 Å². The molecule has 3 fully saturated rings. The van der Waals surface area contributed by atoms with Gasteiger partial charge in [-0.3, -0.25) is 13.6 Å². The maximum absolute atomic E-state index is 11.8. The number of anilines is 1. The number of aliphatic hydroxyl groups is 1. The zero-order valence-corrected chi connectivity index (χ0v) is 37.5. The van der Waals surface area contributed by atoms with Gasteiger partial charge in [-0.25, -0.2) is 24.3 Å². The number of hydrogen-bond acceptors (Lipinski definition) is 13. The number of imidazole rings is 1. The van der Waals surface area contributed by atoms with Crippen LogP contribution in [0.2, 0.25) is 5.02 Å². The molecule has 3 aromatic carbocycles. The van der Waals surface area contributed by atoms with Crippen molar-refractivity contribution in [2.24, 2.45) is 0 Å². The Morgan fingerprint density at radius 1 is 0.949 bits per heavy atom. The standard InChI is InChI=1S/C24H28O4.C16H15ClN5O6PS.Na/c1-22(2)11-12-23(3,4)20-15-18(9-10-19(20)22)24(27-13-14-28-24)17-7-5-16(6-8-17)21(25)26;17-7-1-3-8(4-2-7)30-16-21-10-13(18)19-6-20-14(10)22(16)15-11(23)12-9(27-15)5-26-29(24,25)28-12;/h5-10,15H,11-14H2,1-4H3,(H,25,26);1-4,6,9,11-12,15,23H,5H2,(H,24,25)(H2,18,19,20);/t;9-,11-,12-,15-;/m.1./s1. The molecule has 1 aliphatic carbocycles. The number of rotatable bonds is 6. The number of phosphoric ester groups is 1. The average Bonchev–Trinajstić information content (AvgIpc) is 3.91. The monoisotopic (exact) mass is 874 g/mol. The molecule has 5 aromatic rings. The van der Waals surface area contributed by atoms with Gasteiger partial charge in [-0.15, -0.1) is 0 Å². The van der Waals surface area contributed by atoms with Gasteiger partial charge in [0.25, 0.3) is 0 Å². The number of ether oxygens (including phenoxy) is 3. The van der Waals surface area contributed by atoms with Crippen LogP contribution in [0.1, 0.15) is 79.4 Å². The molecule has 307 valence electrons. The molecule has 5 N–H and O–H groups in total. The van der Waals surface area contributed by atoms with Gasteiger partial charge in [0, 0.05) is 50.6 Å². The summed E-state index contributed by atoms with van der Waals surface area (Å²) in [7, 11) is -4.25. The molecule has 19 heteroatoms. The summed E-state index contributed by atoms with van der Waals surface area (Å²) in [6.07, 6.45) is -0.496. The molecule has 0 bridgehead atoms. The fourth-order valence-corrected chi connectivity index (χ4v) is 9.90. The van der Waals surface area contributed by atoms with E-state index in [1.54, 1.807) is 41.0 Å². The van der Waals surface area contributed by atoms with Crippen LogP contribution in [0, 0.1) is 0 Å². The van der Waals surface area contributed by atoms with E-state index in [-0.39, 0.29) is 58.4 Å². The second kappa shape index (κ2) is 16.7. The molecule has 5 heterocycles. The normalized spacial score (nSPS) is 26.2. The molecule has 3 aliphatic heterocycles. The number of aliphatic hydroxyl groups excluding tert-OH is 1. The molecule has 0 amide bonds. The van der Waals surface area contributed by atoms with Crippen molar-refractivity contribution in [3.63, 3.8) is 0 Å². The first-order valence-electron chi connectivity index (χ1n) is 18.7. The third-order valence-electron chi connectivity index (χ3n) is 11.2. The van der Waals surface area contributed by atoms with Crippen molar-refractivity contribution >= 4 is 83.7 Å². The fourth-order valence-electron chi connectivity index (χ4n) is 7.90. The van der Waals surface area contributed by atoms with E-state index in [9.17, 15) is 24.5 Å². The van der Waals surface area contributed by atoms with Crippen molar-refractivity contribution < 1.29 is 47.7 Å². The van der Waals surface area contributed by atoms with E-state index in [0.29, 0.717) is 34.6 Å². The smallest absolute Gasteiger partial charge is 0.472 e.